The number of likely N-dealkylation sites (tertiary alicyclic amines) is 1. The van der Waals surface area contributed by atoms with Gasteiger partial charge < -0.3 is 24.5 Å². The van der Waals surface area contributed by atoms with Crippen LogP contribution in [0, 0.1) is 0 Å². The van der Waals surface area contributed by atoms with Crippen LogP contribution >= 0.6 is 0 Å². The largest absolute Gasteiger partial charge is 0.507 e. The van der Waals surface area contributed by atoms with Crippen molar-refractivity contribution in [2.24, 2.45) is 0 Å². The number of fused-ring (bicyclic) bond motifs is 2. The van der Waals surface area contributed by atoms with E-state index in [0.717, 1.165) is 0 Å². The van der Waals surface area contributed by atoms with E-state index in [9.17, 15) is 27.9 Å². The van der Waals surface area contributed by atoms with Crippen LogP contribution in [0.25, 0.3) is 5.76 Å². The predicted molar refractivity (Wildman–Crippen MR) is 147 cm³/mol. The number of benzene rings is 2. The lowest BCUT2D eigenvalue weighted by atomic mass is 9.82. The molecule has 5 rings (SSSR count). The van der Waals surface area contributed by atoms with Crippen LogP contribution in [0.4, 0.5) is 5.69 Å². The molecule has 2 aromatic rings. The van der Waals surface area contributed by atoms with E-state index in [1.165, 1.54) is 38.4 Å². The van der Waals surface area contributed by atoms with Gasteiger partial charge in [0, 0.05) is 43.5 Å². The monoisotopic (exact) mass is 568 g/mol. The maximum absolute atomic E-state index is 14.1. The van der Waals surface area contributed by atoms with Crippen molar-refractivity contribution >= 4 is 39.1 Å². The molecule has 1 unspecified atom stereocenters. The Balaban J connectivity index is 1.69. The first-order chi connectivity index (χ1) is 19.0. The molecule has 2 saturated heterocycles. The third-order valence-electron chi connectivity index (χ3n) is 7.64. The lowest BCUT2D eigenvalue weighted by Crippen LogP contribution is -2.51. The third-order valence-corrected chi connectivity index (χ3v) is 9.54. The molecule has 12 heteroatoms. The zero-order valence-corrected chi connectivity index (χ0v) is 23.5. The van der Waals surface area contributed by atoms with Gasteiger partial charge in [0.05, 0.1) is 23.7 Å². The minimum atomic E-state index is -3.92. The molecule has 3 aliphatic heterocycles. The van der Waals surface area contributed by atoms with Crippen LogP contribution in [0.2, 0.25) is 0 Å². The Morgan fingerprint density at radius 1 is 1.05 bits per heavy atom. The van der Waals surface area contributed by atoms with Crippen molar-refractivity contribution in [3.63, 3.8) is 0 Å². The number of para-hydroxylation sites is 1. The van der Waals surface area contributed by atoms with Crippen LogP contribution < -0.4 is 4.90 Å². The maximum Gasteiger partial charge on any atom is 0.296 e. The number of nitrogens with zero attached hydrogens (tertiary/aromatic N) is 4. The second kappa shape index (κ2) is 10.4. The van der Waals surface area contributed by atoms with Crippen LogP contribution in [-0.4, -0.2) is 106 Å². The number of carbonyl (C=O) groups excluding carboxylic acids is 3. The van der Waals surface area contributed by atoms with Crippen LogP contribution in [0.1, 0.15) is 17.5 Å². The quantitative estimate of drug-likeness (QED) is 0.300. The zero-order valence-electron chi connectivity index (χ0n) is 22.7. The summed E-state index contributed by atoms with van der Waals surface area (Å²) in [6.07, 6.45) is 0.480. The molecule has 0 aromatic heterocycles. The molecule has 212 valence electrons. The van der Waals surface area contributed by atoms with Gasteiger partial charge in [-0.15, -0.1) is 0 Å². The van der Waals surface area contributed by atoms with Crippen molar-refractivity contribution in [2.45, 2.75) is 16.9 Å². The maximum atomic E-state index is 14.1. The van der Waals surface area contributed by atoms with Gasteiger partial charge >= 0.3 is 0 Å². The molecule has 40 heavy (non-hydrogen) atoms. The highest BCUT2D eigenvalue weighted by Crippen LogP contribution is 2.53. The van der Waals surface area contributed by atoms with Crippen molar-refractivity contribution in [1.29, 1.82) is 0 Å². The molecule has 0 aliphatic carbocycles. The summed E-state index contributed by atoms with van der Waals surface area (Å²) in [7, 11) is 1.41. The molecule has 2 amide bonds. The number of morpholine rings is 1. The summed E-state index contributed by atoms with van der Waals surface area (Å²) >= 11 is 0. The summed E-state index contributed by atoms with van der Waals surface area (Å²) in [5, 5.41) is 11.7. The van der Waals surface area contributed by atoms with Crippen molar-refractivity contribution in [3.8, 4) is 0 Å². The van der Waals surface area contributed by atoms with Gasteiger partial charge in [-0.3, -0.25) is 14.4 Å². The molecule has 0 radical (unpaired) electrons. The molecule has 3 aliphatic rings. The Morgan fingerprint density at radius 3 is 2.45 bits per heavy atom. The lowest BCUT2D eigenvalue weighted by molar-refractivity contribution is -0.143. The summed E-state index contributed by atoms with van der Waals surface area (Å²) < 4.78 is 33.2. The second-order valence-corrected chi connectivity index (χ2v) is 12.2. The van der Waals surface area contributed by atoms with E-state index in [-0.39, 0.29) is 48.9 Å². The number of ketones is 1. The van der Waals surface area contributed by atoms with E-state index in [1.807, 2.05) is 19.0 Å². The SMILES string of the molecule is CN(C)CCCN1C(=O)C(=O)/C(=C(\O)c2cccc(S(=O)(=O)N3CCOCC3)c2)C12C(=O)N(C)c1ccccc12. The third kappa shape index (κ3) is 4.22. The van der Waals surface area contributed by atoms with Gasteiger partial charge in [0.1, 0.15) is 5.76 Å². The van der Waals surface area contributed by atoms with Crippen LogP contribution in [0.15, 0.2) is 59.0 Å². The average molecular weight is 569 g/mol. The molecule has 1 atom stereocenters. The zero-order chi connectivity index (χ0) is 28.8. The van der Waals surface area contributed by atoms with Gasteiger partial charge in [-0.05, 0) is 45.3 Å². The molecule has 2 aromatic carbocycles. The second-order valence-electron chi connectivity index (χ2n) is 10.3. The minimum Gasteiger partial charge on any atom is -0.507 e. The highest BCUT2D eigenvalue weighted by molar-refractivity contribution is 7.89. The van der Waals surface area contributed by atoms with Crippen LogP contribution in [-0.2, 0) is 34.7 Å². The smallest absolute Gasteiger partial charge is 0.296 e. The van der Waals surface area contributed by atoms with Crippen molar-refractivity contribution < 1.29 is 32.6 Å². The van der Waals surface area contributed by atoms with Crippen LogP contribution in [0.3, 0.4) is 0 Å². The first-order valence-electron chi connectivity index (χ1n) is 13.0. The van der Waals surface area contributed by atoms with Crippen molar-refractivity contribution in [3.05, 3.63) is 65.2 Å². The Bertz CT molecular complexity index is 1510. The van der Waals surface area contributed by atoms with E-state index in [4.69, 9.17) is 4.74 Å². The molecule has 2 fully saturated rings. The fraction of sp³-hybridized carbons (Fsp3) is 0.393. The number of rotatable bonds is 7. The fourth-order valence-corrected chi connectivity index (χ4v) is 7.15. The van der Waals surface area contributed by atoms with E-state index in [0.29, 0.717) is 24.2 Å². The molecule has 0 saturated carbocycles. The summed E-state index contributed by atoms with van der Waals surface area (Å²) in [6.45, 7) is 1.62. The number of aliphatic hydroxyl groups is 1. The first-order valence-corrected chi connectivity index (χ1v) is 14.5. The molecule has 0 bridgehead atoms. The minimum absolute atomic E-state index is 0.0137. The van der Waals surface area contributed by atoms with Gasteiger partial charge in [-0.25, -0.2) is 8.42 Å². The highest BCUT2D eigenvalue weighted by atomic mass is 32.2. The summed E-state index contributed by atoms with van der Waals surface area (Å²) in [5.41, 5.74) is -1.31. The van der Waals surface area contributed by atoms with Gasteiger partial charge in [0.2, 0.25) is 10.0 Å². The Labute approximate surface area is 233 Å². The first kappa shape index (κ1) is 28.0. The van der Waals surface area contributed by atoms with Gasteiger partial charge in [0.15, 0.2) is 5.54 Å². The van der Waals surface area contributed by atoms with Gasteiger partial charge in [-0.1, -0.05) is 30.3 Å². The number of aliphatic hydroxyl groups excluding tert-OH is 1. The van der Waals surface area contributed by atoms with Crippen molar-refractivity contribution in [1.82, 2.24) is 14.1 Å². The summed E-state index contributed by atoms with van der Waals surface area (Å²) in [5.74, 6) is -3.04. The molecule has 11 nitrogen and oxygen atoms in total. The average Bonchev–Trinajstić information content (AvgIpc) is 3.31. The molecule has 3 heterocycles. The Kier molecular flexibility index (Phi) is 7.29. The number of likely N-dealkylation sites (N-methyl/N-ethyl adjacent to an activating group) is 1. The number of hydrogen-bond donors (Lipinski definition) is 1. The number of carbonyl (C=O) groups is 3. The predicted octanol–water partition coefficient (Wildman–Crippen LogP) is 1.21. The van der Waals surface area contributed by atoms with E-state index < -0.39 is 38.9 Å². The standard InChI is InChI=1S/C28H32N4O7S/c1-29(2)12-7-13-32-26(35)25(34)23(28(32)21-10-4-5-11-22(21)30(3)27(28)36)24(33)19-8-6-9-20(18-19)40(37,38)31-14-16-39-17-15-31/h4-6,8-11,18,33H,7,12-17H2,1-3H3/b24-23+. The van der Waals surface area contributed by atoms with Crippen molar-refractivity contribution in [2.75, 3.05) is 65.4 Å². The van der Waals surface area contributed by atoms with Gasteiger partial charge in [-0.2, -0.15) is 4.31 Å². The highest BCUT2D eigenvalue weighted by Gasteiger charge is 2.66. The van der Waals surface area contributed by atoms with Crippen LogP contribution in [0.5, 0.6) is 0 Å². The summed E-state index contributed by atoms with van der Waals surface area (Å²) in [4.78, 5) is 45.7. The van der Waals surface area contributed by atoms with E-state index in [2.05, 4.69) is 0 Å². The number of ether oxygens (including phenoxy) is 1. The lowest BCUT2D eigenvalue weighted by Gasteiger charge is -2.34. The normalized spacial score (nSPS) is 23.1. The van der Waals surface area contributed by atoms with Gasteiger partial charge in [0.25, 0.3) is 17.6 Å². The Hall–Kier alpha value is -3.58. The number of Topliss-reactive ketones (excluding diaryl/α,β-unsaturated/α-hetero) is 1. The summed E-state index contributed by atoms with van der Waals surface area (Å²) in [6, 6.07) is 12.4. The molecular formula is C28H32N4O7S. The fourth-order valence-electron chi connectivity index (χ4n) is 5.70. The topological polar surface area (TPSA) is 128 Å². The Morgan fingerprint density at radius 2 is 1.75 bits per heavy atom. The molecule has 1 spiro atoms. The van der Waals surface area contributed by atoms with E-state index >= 15 is 0 Å². The number of anilines is 1. The molecule has 1 N–H and O–H groups in total. The number of hydrogen-bond acceptors (Lipinski definition) is 8. The van der Waals surface area contributed by atoms with E-state index in [1.54, 1.807) is 31.3 Å². The number of sulfonamides is 1. The number of amides is 2. The molecular weight excluding hydrogens is 536 g/mol.